The van der Waals surface area contributed by atoms with Crippen molar-refractivity contribution in [2.24, 2.45) is 0 Å². The van der Waals surface area contributed by atoms with Crippen LogP contribution in [-0.2, 0) is 0 Å². The highest BCUT2D eigenvalue weighted by Crippen LogP contribution is 2.23. The van der Waals surface area contributed by atoms with E-state index in [1.165, 1.54) is 0 Å². The number of ether oxygens (including phenoxy) is 1. The Kier molecular flexibility index (Phi) is 2.74. The van der Waals surface area contributed by atoms with Crippen LogP contribution in [-0.4, -0.2) is 4.98 Å². The van der Waals surface area contributed by atoms with Crippen LogP contribution in [0.2, 0.25) is 5.15 Å². The number of anilines is 1. The summed E-state index contributed by atoms with van der Waals surface area (Å²) in [4.78, 5) is 3.99. The van der Waals surface area contributed by atoms with Gasteiger partial charge in [0.05, 0.1) is 5.69 Å². The second kappa shape index (κ2) is 4.19. The molecule has 0 atom stereocenters. The van der Waals surface area contributed by atoms with E-state index in [-0.39, 0.29) is 5.15 Å². The minimum atomic E-state index is 0.253. The summed E-state index contributed by atoms with van der Waals surface area (Å²) in [5, 5.41) is 0.253. The van der Waals surface area contributed by atoms with E-state index >= 15 is 0 Å². The number of halogens is 1. The Labute approximate surface area is 92.5 Å². The molecule has 1 aromatic heterocycles. The van der Waals surface area contributed by atoms with E-state index in [1.807, 2.05) is 30.3 Å². The third-order valence-corrected chi connectivity index (χ3v) is 2.12. The Balaban J connectivity index is 2.22. The van der Waals surface area contributed by atoms with E-state index in [9.17, 15) is 0 Å². The number of nitrogens with zero attached hydrogens (tertiary/aromatic N) is 1. The molecule has 0 radical (unpaired) electrons. The number of aromatic nitrogens is 1. The molecule has 76 valence electrons. The molecule has 0 aliphatic carbocycles. The summed E-state index contributed by atoms with van der Waals surface area (Å²) in [6.07, 6.45) is 0. The minimum Gasteiger partial charge on any atom is -0.439 e. The summed E-state index contributed by atoms with van der Waals surface area (Å²) in [6.45, 7) is 0. The van der Waals surface area contributed by atoms with Crippen molar-refractivity contribution >= 4 is 17.3 Å². The smallest absolute Gasteiger partial charge is 0.220 e. The van der Waals surface area contributed by atoms with Gasteiger partial charge in [0.1, 0.15) is 5.75 Å². The van der Waals surface area contributed by atoms with Gasteiger partial charge in [0.2, 0.25) is 5.88 Å². The molecule has 3 nitrogen and oxygen atoms in total. The maximum Gasteiger partial charge on any atom is 0.220 e. The maximum absolute atomic E-state index is 5.76. The summed E-state index contributed by atoms with van der Waals surface area (Å²) >= 11 is 5.76. The lowest BCUT2D eigenvalue weighted by atomic mass is 10.3. The van der Waals surface area contributed by atoms with Crippen LogP contribution in [0.15, 0.2) is 42.5 Å². The zero-order valence-electron chi connectivity index (χ0n) is 7.85. The normalized spacial score (nSPS) is 9.93. The van der Waals surface area contributed by atoms with E-state index in [2.05, 4.69) is 4.98 Å². The second-order valence-corrected chi connectivity index (χ2v) is 3.30. The van der Waals surface area contributed by atoms with E-state index < -0.39 is 0 Å². The monoisotopic (exact) mass is 220 g/mol. The highest BCUT2D eigenvalue weighted by Gasteiger charge is 2.01. The molecule has 0 amide bonds. The van der Waals surface area contributed by atoms with Crippen molar-refractivity contribution < 1.29 is 4.74 Å². The van der Waals surface area contributed by atoms with Crippen LogP contribution in [0.3, 0.4) is 0 Å². The largest absolute Gasteiger partial charge is 0.439 e. The molecule has 0 unspecified atom stereocenters. The van der Waals surface area contributed by atoms with Gasteiger partial charge in [0.15, 0.2) is 5.15 Å². The van der Waals surface area contributed by atoms with Gasteiger partial charge in [-0.1, -0.05) is 29.8 Å². The Bertz CT molecular complexity index is 459. The average molecular weight is 221 g/mol. The molecule has 0 saturated heterocycles. The molecule has 0 fully saturated rings. The molecule has 0 bridgehead atoms. The van der Waals surface area contributed by atoms with Gasteiger partial charge in [-0.15, -0.1) is 0 Å². The molecule has 0 aliphatic rings. The Morgan fingerprint density at radius 2 is 1.80 bits per heavy atom. The van der Waals surface area contributed by atoms with Crippen LogP contribution in [0, 0.1) is 0 Å². The quantitative estimate of drug-likeness (QED) is 0.792. The molecule has 2 rings (SSSR count). The van der Waals surface area contributed by atoms with Gasteiger partial charge in [-0.05, 0) is 18.2 Å². The van der Waals surface area contributed by atoms with Crippen LogP contribution in [0.5, 0.6) is 11.6 Å². The molecular weight excluding hydrogens is 212 g/mol. The maximum atomic E-state index is 5.76. The summed E-state index contributed by atoms with van der Waals surface area (Å²) in [6, 6.07) is 12.7. The Morgan fingerprint density at radius 1 is 1.07 bits per heavy atom. The zero-order valence-corrected chi connectivity index (χ0v) is 8.61. The van der Waals surface area contributed by atoms with Crippen LogP contribution in [0.1, 0.15) is 0 Å². The number of rotatable bonds is 2. The van der Waals surface area contributed by atoms with Crippen molar-refractivity contribution in [2.45, 2.75) is 0 Å². The predicted octanol–water partition coefficient (Wildman–Crippen LogP) is 3.11. The third kappa shape index (κ3) is 2.39. The fourth-order valence-corrected chi connectivity index (χ4v) is 1.24. The first-order valence-corrected chi connectivity index (χ1v) is 4.78. The van der Waals surface area contributed by atoms with Crippen LogP contribution in [0.4, 0.5) is 5.69 Å². The number of para-hydroxylation sites is 1. The van der Waals surface area contributed by atoms with Gasteiger partial charge in [0.25, 0.3) is 0 Å². The lowest BCUT2D eigenvalue weighted by Crippen LogP contribution is -1.92. The number of benzene rings is 1. The zero-order chi connectivity index (χ0) is 10.7. The number of hydrogen-bond donors (Lipinski definition) is 1. The first-order valence-electron chi connectivity index (χ1n) is 4.40. The van der Waals surface area contributed by atoms with Crippen LogP contribution >= 0.6 is 11.6 Å². The third-order valence-electron chi connectivity index (χ3n) is 1.82. The van der Waals surface area contributed by atoms with Crippen molar-refractivity contribution in [2.75, 3.05) is 5.73 Å². The standard InChI is InChI=1S/C11H9ClN2O/c12-11-9(13)6-7-10(14-11)15-8-4-2-1-3-5-8/h1-7H,13H2. The lowest BCUT2D eigenvalue weighted by Gasteiger charge is -2.05. The first kappa shape index (κ1) is 9.80. The van der Waals surface area contributed by atoms with Gasteiger partial charge in [-0.3, -0.25) is 0 Å². The first-order chi connectivity index (χ1) is 7.25. The Hall–Kier alpha value is -1.74. The fourth-order valence-electron chi connectivity index (χ4n) is 1.09. The van der Waals surface area contributed by atoms with Crippen molar-refractivity contribution in [3.63, 3.8) is 0 Å². The average Bonchev–Trinajstić information content (AvgIpc) is 2.25. The molecule has 0 spiro atoms. The summed E-state index contributed by atoms with van der Waals surface area (Å²) in [5.41, 5.74) is 5.97. The molecule has 2 aromatic rings. The molecule has 15 heavy (non-hydrogen) atoms. The van der Waals surface area contributed by atoms with Crippen LogP contribution in [0.25, 0.3) is 0 Å². The number of hydrogen-bond acceptors (Lipinski definition) is 3. The topological polar surface area (TPSA) is 48.1 Å². The van der Waals surface area contributed by atoms with Crippen molar-refractivity contribution in [1.29, 1.82) is 0 Å². The van der Waals surface area contributed by atoms with Crippen LogP contribution < -0.4 is 10.5 Å². The molecule has 0 aliphatic heterocycles. The van der Waals surface area contributed by atoms with Gasteiger partial charge < -0.3 is 10.5 Å². The summed E-state index contributed by atoms with van der Waals surface area (Å²) in [7, 11) is 0. The lowest BCUT2D eigenvalue weighted by molar-refractivity contribution is 0.463. The van der Waals surface area contributed by atoms with Crippen molar-refractivity contribution in [3.8, 4) is 11.6 Å². The fraction of sp³-hybridized carbons (Fsp3) is 0. The van der Waals surface area contributed by atoms with Crippen molar-refractivity contribution in [3.05, 3.63) is 47.6 Å². The number of pyridine rings is 1. The molecule has 1 heterocycles. The molecule has 1 aromatic carbocycles. The molecule has 0 saturated carbocycles. The molecule has 2 N–H and O–H groups in total. The van der Waals surface area contributed by atoms with Crippen molar-refractivity contribution in [1.82, 2.24) is 4.98 Å². The summed E-state index contributed by atoms with van der Waals surface area (Å²) < 4.78 is 5.46. The highest BCUT2D eigenvalue weighted by atomic mass is 35.5. The van der Waals surface area contributed by atoms with E-state index in [0.717, 1.165) is 0 Å². The van der Waals surface area contributed by atoms with Gasteiger partial charge in [0, 0.05) is 6.07 Å². The summed E-state index contributed by atoms with van der Waals surface area (Å²) in [5.74, 6) is 1.14. The molecular formula is C11H9ClN2O. The minimum absolute atomic E-state index is 0.253. The van der Waals surface area contributed by atoms with E-state index in [0.29, 0.717) is 17.3 Å². The van der Waals surface area contributed by atoms with Gasteiger partial charge in [-0.2, -0.15) is 4.98 Å². The number of nitrogens with two attached hydrogens (primary N) is 1. The second-order valence-electron chi connectivity index (χ2n) is 2.94. The van der Waals surface area contributed by atoms with Gasteiger partial charge >= 0.3 is 0 Å². The number of nitrogen functional groups attached to an aromatic ring is 1. The SMILES string of the molecule is Nc1ccc(Oc2ccccc2)nc1Cl. The highest BCUT2D eigenvalue weighted by molar-refractivity contribution is 6.31. The van der Waals surface area contributed by atoms with Gasteiger partial charge in [-0.25, -0.2) is 0 Å². The van der Waals surface area contributed by atoms with E-state index in [1.54, 1.807) is 12.1 Å². The predicted molar refractivity (Wildman–Crippen MR) is 60.2 cm³/mol. The Morgan fingerprint density at radius 3 is 2.47 bits per heavy atom. The van der Waals surface area contributed by atoms with E-state index in [4.69, 9.17) is 22.1 Å². The molecule has 4 heteroatoms.